The van der Waals surface area contributed by atoms with Crippen LogP contribution < -0.4 is 10.6 Å². The SMILES string of the molecule is CCOC(=O)c1cc2cc(NC(=O)[C@@H]3[C@@H](c4ccccc4)CCN3C(=O)C3CCC(C(CF)NC(=O)OC(C)(C)C)CC3)ccc2n1C. The molecule has 2 fully saturated rings. The van der Waals surface area contributed by atoms with Crippen molar-refractivity contribution in [1.29, 1.82) is 0 Å². The first-order valence-corrected chi connectivity index (χ1v) is 16.9. The van der Waals surface area contributed by atoms with E-state index in [0.717, 1.165) is 16.5 Å². The summed E-state index contributed by atoms with van der Waals surface area (Å²) in [4.78, 5) is 54.7. The van der Waals surface area contributed by atoms with Gasteiger partial charge >= 0.3 is 12.1 Å². The van der Waals surface area contributed by atoms with Gasteiger partial charge in [0, 0.05) is 42.0 Å². The molecule has 10 nitrogen and oxygen atoms in total. The first-order chi connectivity index (χ1) is 22.9. The van der Waals surface area contributed by atoms with E-state index in [4.69, 9.17) is 9.47 Å². The molecule has 1 aliphatic carbocycles. The molecule has 2 aromatic carbocycles. The number of anilines is 1. The minimum atomic E-state index is -0.716. The quantitative estimate of drug-likeness (QED) is 0.258. The van der Waals surface area contributed by atoms with E-state index in [9.17, 15) is 23.6 Å². The Labute approximate surface area is 281 Å². The number of benzene rings is 2. The van der Waals surface area contributed by atoms with Crippen LogP contribution in [-0.4, -0.2) is 70.9 Å². The number of nitrogens with one attached hydrogen (secondary N) is 2. The van der Waals surface area contributed by atoms with Crippen molar-refractivity contribution in [3.63, 3.8) is 0 Å². The number of hydrogen-bond donors (Lipinski definition) is 2. The molecule has 3 amide bonds. The number of halogens is 1. The molecule has 0 radical (unpaired) electrons. The highest BCUT2D eigenvalue weighted by Gasteiger charge is 2.45. The fourth-order valence-corrected chi connectivity index (χ4v) is 7.20. The van der Waals surface area contributed by atoms with Crippen LogP contribution in [0.25, 0.3) is 10.9 Å². The summed E-state index contributed by atoms with van der Waals surface area (Å²) in [5.41, 5.74) is 2.11. The third kappa shape index (κ3) is 7.82. The Kier molecular flexibility index (Phi) is 10.8. The van der Waals surface area contributed by atoms with Crippen molar-refractivity contribution in [2.24, 2.45) is 18.9 Å². The van der Waals surface area contributed by atoms with E-state index >= 15 is 0 Å². The lowest BCUT2D eigenvalue weighted by Gasteiger charge is -2.36. The molecular formula is C37H47FN4O6. The predicted octanol–water partition coefficient (Wildman–Crippen LogP) is 6.35. The summed E-state index contributed by atoms with van der Waals surface area (Å²) in [5.74, 6) is -1.35. The Morgan fingerprint density at radius 3 is 2.33 bits per heavy atom. The maximum Gasteiger partial charge on any atom is 0.407 e. The average Bonchev–Trinajstić information content (AvgIpc) is 3.65. The first kappa shape index (κ1) is 34.9. The van der Waals surface area contributed by atoms with Gasteiger partial charge in [0.25, 0.3) is 0 Å². The van der Waals surface area contributed by atoms with Crippen molar-refractivity contribution in [2.45, 2.75) is 83.4 Å². The zero-order chi connectivity index (χ0) is 34.6. The highest BCUT2D eigenvalue weighted by atomic mass is 19.1. The highest BCUT2D eigenvalue weighted by Crippen LogP contribution is 2.39. The molecule has 0 spiro atoms. The van der Waals surface area contributed by atoms with Crippen molar-refractivity contribution in [2.75, 3.05) is 25.1 Å². The number of aryl methyl sites for hydroxylation is 1. The summed E-state index contributed by atoms with van der Waals surface area (Å²) in [6.07, 6.45) is 2.26. The van der Waals surface area contributed by atoms with E-state index < -0.39 is 36.4 Å². The number of amides is 3. The molecule has 2 heterocycles. The predicted molar refractivity (Wildman–Crippen MR) is 181 cm³/mol. The van der Waals surface area contributed by atoms with Gasteiger partial charge < -0.3 is 29.6 Å². The first-order valence-electron chi connectivity index (χ1n) is 16.9. The normalized spacial score (nSPS) is 21.8. The minimum absolute atomic E-state index is 0.0680. The number of rotatable bonds is 9. The molecule has 48 heavy (non-hydrogen) atoms. The number of esters is 1. The van der Waals surface area contributed by atoms with E-state index in [0.29, 0.717) is 50.0 Å². The van der Waals surface area contributed by atoms with Crippen molar-refractivity contribution in [1.82, 2.24) is 14.8 Å². The van der Waals surface area contributed by atoms with Crippen LogP contribution in [0.1, 0.15) is 81.8 Å². The molecule has 1 aromatic heterocycles. The Balaban J connectivity index is 1.30. The number of nitrogens with zero attached hydrogens (tertiary/aromatic N) is 2. The van der Waals surface area contributed by atoms with Crippen molar-refractivity contribution < 1.29 is 33.0 Å². The number of alkyl halides is 1. The van der Waals surface area contributed by atoms with Gasteiger partial charge in [-0.3, -0.25) is 9.59 Å². The van der Waals surface area contributed by atoms with Crippen LogP contribution in [0.4, 0.5) is 14.9 Å². The molecule has 1 unspecified atom stereocenters. The van der Waals surface area contributed by atoms with Gasteiger partial charge in [0.05, 0.1) is 12.6 Å². The fraction of sp³-hybridized carbons (Fsp3) is 0.514. The summed E-state index contributed by atoms with van der Waals surface area (Å²) in [6.45, 7) is 7.03. The van der Waals surface area contributed by atoms with Crippen LogP contribution in [0.5, 0.6) is 0 Å². The molecule has 1 saturated heterocycles. The summed E-state index contributed by atoms with van der Waals surface area (Å²) >= 11 is 0. The molecule has 3 atom stereocenters. The lowest BCUT2D eigenvalue weighted by molar-refractivity contribution is -0.141. The molecule has 0 bridgehead atoms. The zero-order valence-electron chi connectivity index (χ0n) is 28.5. The maximum atomic E-state index is 14.1. The Morgan fingerprint density at radius 1 is 0.979 bits per heavy atom. The zero-order valence-corrected chi connectivity index (χ0v) is 28.5. The molecule has 11 heteroatoms. The summed E-state index contributed by atoms with van der Waals surface area (Å²) in [7, 11) is 1.79. The minimum Gasteiger partial charge on any atom is -0.461 e. The molecule has 1 saturated carbocycles. The Hall–Kier alpha value is -4.41. The third-order valence-electron chi connectivity index (χ3n) is 9.53. The van der Waals surface area contributed by atoms with Gasteiger partial charge in [-0.15, -0.1) is 0 Å². The van der Waals surface area contributed by atoms with Crippen molar-refractivity contribution >= 4 is 40.5 Å². The molecule has 1 aliphatic heterocycles. The lowest BCUT2D eigenvalue weighted by atomic mass is 9.78. The smallest absolute Gasteiger partial charge is 0.407 e. The van der Waals surface area contributed by atoms with E-state index in [1.54, 1.807) is 56.3 Å². The number of carbonyl (C=O) groups is 4. The number of aromatic nitrogens is 1. The van der Waals surface area contributed by atoms with Gasteiger partial charge in [-0.2, -0.15) is 0 Å². The number of hydrogen-bond acceptors (Lipinski definition) is 6. The van der Waals surface area contributed by atoms with Crippen molar-refractivity contribution in [3.8, 4) is 0 Å². The number of likely N-dealkylation sites (tertiary alicyclic amines) is 1. The van der Waals surface area contributed by atoms with E-state index in [1.165, 1.54) is 0 Å². The molecular weight excluding hydrogens is 615 g/mol. The van der Waals surface area contributed by atoms with Gasteiger partial charge in [-0.05, 0) is 95.5 Å². The maximum absolute atomic E-state index is 14.1. The Morgan fingerprint density at radius 2 is 1.69 bits per heavy atom. The molecule has 258 valence electrons. The van der Waals surface area contributed by atoms with Gasteiger partial charge in [0.1, 0.15) is 24.0 Å². The Bertz CT molecular complexity index is 1630. The topological polar surface area (TPSA) is 119 Å². The van der Waals surface area contributed by atoms with Crippen molar-refractivity contribution in [3.05, 3.63) is 65.9 Å². The highest BCUT2D eigenvalue weighted by molar-refractivity contribution is 6.01. The fourth-order valence-electron chi connectivity index (χ4n) is 7.20. The largest absolute Gasteiger partial charge is 0.461 e. The van der Waals surface area contributed by atoms with Crippen LogP contribution >= 0.6 is 0 Å². The van der Waals surface area contributed by atoms with Crippen LogP contribution in [0, 0.1) is 11.8 Å². The number of ether oxygens (including phenoxy) is 2. The summed E-state index contributed by atoms with van der Waals surface area (Å²) in [5, 5.41) is 6.52. The second kappa shape index (κ2) is 14.8. The molecule has 5 rings (SSSR count). The second-order valence-electron chi connectivity index (χ2n) is 13.9. The summed E-state index contributed by atoms with van der Waals surface area (Å²) in [6, 6.07) is 15.6. The molecule has 3 aromatic rings. The van der Waals surface area contributed by atoms with Crippen LogP contribution in [-0.2, 0) is 26.1 Å². The van der Waals surface area contributed by atoms with Gasteiger partial charge in [0.15, 0.2) is 0 Å². The molecule has 2 N–H and O–H groups in total. The second-order valence-corrected chi connectivity index (χ2v) is 13.9. The number of alkyl carbamates (subject to hydrolysis) is 1. The van der Waals surface area contributed by atoms with E-state index in [1.807, 2.05) is 42.5 Å². The van der Waals surface area contributed by atoms with Gasteiger partial charge in [-0.25, -0.2) is 14.0 Å². The van der Waals surface area contributed by atoms with Gasteiger partial charge in [-0.1, -0.05) is 30.3 Å². The third-order valence-corrected chi connectivity index (χ3v) is 9.53. The van der Waals surface area contributed by atoms with E-state index in [-0.39, 0.29) is 36.2 Å². The standard InChI is InChI=1S/C37H47FN4O6/c1-6-47-35(45)31-21-26-20-27(16-17-30(26)41(31)5)39-33(43)32-28(23-10-8-7-9-11-23)18-19-42(32)34(44)25-14-12-24(13-15-25)29(22-38)40-36(46)48-37(2,3)4/h7-11,16-17,20-21,24-25,28-29,32H,6,12-15,18-19,22H2,1-5H3,(H,39,43)(H,40,46)/t24?,25?,28-,29?,32+/m1/s1. The number of carbonyl (C=O) groups excluding carboxylic acids is 4. The summed E-state index contributed by atoms with van der Waals surface area (Å²) < 4.78 is 26.3. The molecule has 2 aliphatic rings. The van der Waals surface area contributed by atoms with Crippen LogP contribution in [0.2, 0.25) is 0 Å². The number of fused-ring (bicyclic) bond motifs is 1. The van der Waals surface area contributed by atoms with E-state index in [2.05, 4.69) is 10.6 Å². The van der Waals surface area contributed by atoms with Crippen LogP contribution in [0.3, 0.4) is 0 Å². The average molecular weight is 663 g/mol. The van der Waals surface area contributed by atoms with Gasteiger partial charge in [0.2, 0.25) is 11.8 Å². The van der Waals surface area contributed by atoms with Crippen LogP contribution in [0.15, 0.2) is 54.6 Å². The monoisotopic (exact) mass is 662 g/mol. The lowest BCUT2D eigenvalue weighted by Crippen LogP contribution is -2.49.